The maximum Gasteiger partial charge on any atom is 0.416 e. The third-order valence-electron chi connectivity index (χ3n) is 5.21. The SMILES string of the molecule is Cc1oc(-c2ccc(C(F)(F)F)cc2)nc1CCCC[C@H]1CO[C@@](C)(C(=O)O)OC1. The summed E-state index contributed by atoms with van der Waals surface area (Å²) < 4.78 is 54.4. The van der Waals surface area contributed by atoms with Crippen LogP contribution in [-0.4, -0.2) is 35.1 Å². The topological polar surface area (TPSA) is 81.8 Å². The molecule has 3 rings (SSSR count). The Balaban J connectivity index is 1.48. The number of benzene rings is 1. The molecule has 1 N–H and O–H groups in total. The first-order valence-electron chi connectivity index (χ1n) is 9.74. The molecule has 1 aromatic carbocycles. The molecular weight excluding hydrogens is 403 g/mol. The zero-order valence-electron chi connectivity index (χ0n) is 16.8. The fourth-order valence-electron chi connectivity index (χ4n) is 3.24. The Kier molecular flexibility index (Phi) is 6.52. The Morgan fingerprint density at radius 1 is 1.20 bits per heavy atom. The minimum atomic E-state index is -4.38. The molecule has 0 radical (unpaired) electrons. The highest BCUT2D eigenvalue weighted by molar-refractivity contribution is 5.75. The Bertz CT molecular complexity index is 868. The molecule has 1 aliphatic rings. The number of rotatable bonds is 7. The van der Waals surface area contributed by atoms with Gasteiger partial charge < -0.3 is 19.0 Å². The van der Waals surface area contributed by atoms with Crippen LogP contribution < -0.4 is 0 Å². The van der Waals surface area contributed by atoms with Crippen molar-refractivity contribution in [1.29, 1.82) is 0 Å². The van der Waals surface area contributed by atoms with Gasteiger partial charge in [0.25, 0.3) is 5.79 Å². The Hall–Kier alpha value is -2.39. The quantitative estimate of drug-likeness (QED) is 0.637. The van der Waals surface area contributed by atoms with Gasteiger partial charge in [-0.15, -0.1) is 0 Å². The summed E-state index contributed by atoms with van der Waals surface area (Å²) in [5.41, 5.74) is 0.559. The molecule has 1 aromatic heterocycles. The van der Waals surface area contributed by atoms with E-state index >= 15 is 0 Å². The van der Waals surface area contributed by atoms with Gasteiger partial charge in [0.1, 0.15) is 5.76 Å². The Morgan fingerprint density at radius 2 is 1.83 bits per heavy atom. The van der Waals surface area contributed by atoms with Crippen molar-refractivity contribution in [2.24, 2.45) is 5.92 Å². The second kappa shape index (κ2) is 8.77. The Labute approximate surface area is 172 Å². The van der Waals surface area contributed by atoms with E-state index < -0.39 is 23.5 Å². The van der Waals surface area contributed by atoms with E-state index in [1.165, 1.54) is 19.1 Å². The molecule has 164 valence electrons. The molecule has 9 heteroatoms. The molecular formula is C21H24F3NO5. The standard InChI is InChI=1S/C21H24F3NO5/c1-13-17(6-4-3-5-14-11-28-20(2,19(26)27)29-12-14)25-18(30-13)15-7-9-16(10-8-15)21(22,23)24/h7-10,14H,3-6,11-12H2,1-2H3,(H,26,27)/t14-,20+. The number of carboxylic acids is 1. The van der Waals surface area contributed by atoms with Crippen molar-refractivity contribution < 1.29 is 37.0 Å². The summed E-state index contributed by atoms with van der Waals surface area (Å²) >= 11 is 0. The zero-order valence-corrected chi connectivity index (χ0v) is 16.8. The van der Waals surface area contributed by atoms with E-state index in [-0.39, 0.29) is 5.92 Å². The molecule has 2 aromatic rings. The first-order valence-corrected chi connectivity index (χ1v) is 9.74. The Morgan fingerprint density at radius 3 is 2.40 bits per heavy atom. The van der Waals surface area contributed by atoms with Crippen molar-refractivity contribution in [2.45, 2.75) is 51.5 Å². The normalized spacial score (nSPS) is 22.2. The number of ether oxygens (including phenoxy) is 2. The molecule has 30 heavy (non-hydrogen) atoms. The van der Waals surface area contributed by atoms with E-state index in [0.29, 0.717) is 36.8 Å². The number of hydrogen-bond donors (Lipinski definition) is 1. The van der Waals surface area contributed by atoms with Crippen LogP contribution in [0, 0.1) is 12.8 Å². The number of hydrogen-bond acceptors (Lipinski definition) is 5. The molecule has 0 spiro atoms. The van der Waals surface area contributed by atoms with Crippen LogP contribution >= 0.6 is 0 Å². The zero-order chi connectivity index (χ0) is 21.9. The number of unbranched alkanes of at least 4 members (excludes halogenated alkanes) is 1. The fourth-order valence-corrected chi connectivity index (χ4v) is 3.24. The van der Waals surface area contributed by atoms with Gasteiger partial charge in [0.05, 0.1) is 24.5 Å². The van der Waals surface area contributed by atoms with Crippen molar-refractivity contribution in [3.63, 3.8) is 0 Å². The van der Waals surface area contributed by atoms with Gasteiger partial charge in [-0.3, -0.25) is 0 Å². The third-order valence-corrected chi connectivity index (χ3v) is 5.21. The van der Waals surface area contributed by atoms with Gasteiger partial charge in [-0.25, -0.2) is 9.78 Å². The number of carbonyl (C=O) groups is 1. The van der Waals surface area contributed by atoms with Gasteiger partial charge in [-0.2, -0.15) is 13.2 Å². The average Bonchev–Trinajstić information content (AvgIpc) is 3.07. The smallest absolute Gasteiger partial charge is 0.416 e. The number of aryl methyl sites for hydroxylation is 2. The van der Waals surface area contributed by atoms with Gasteiger partial charge in [-0.1, -0.05) is 6.42 Å². The predicted molar refractivity (Wildman–Crippen MR) is 101 cm³/mol. The van der Waals surface area contributed by atoms with E-state index in [1.807, 2.05) is 0 Å². The molecule has 1 aliphatic heterocycles. The molecule has 1 fully saturated rings. The molecule has 0 atom stereocenters. The highest BCUT2D eigenvalue weighted by atomic mass is 19.4. The molecule has 2 heterocycles. The lowest BCUT2D eigenvalue weighted by Gasteiger charge is -2.34. The van der Waals surface area contributed by atoms with Crippen LogP contribution in [-0.2, 0) is 26.9 Å². The summed E-state index contributed by atoms with van der Waals surface area (Å²) in [6, 6.07) is 4.73. The summed E-state index contributed by atoms with van der Waals surface area (Å²) in [4.78, 5) is 15.5. The molecule has 0 amide bonds. The van der Waals surface area contributed by atoms with Gasteiger partial charge >= 0.3 is 12.1 Å². The number of aliphatic carboxylic acids is 1. The lowest BCUT2D eigenvalue weighted by molar-refractivity contribution is -0.271. The highest BCUT2D eigenvalue weighted by Gasteiger charge is 2.40. The number of halogens is 3. The van der Waals surface area contributed by atoms with E-state index in [4.69, 9.17) is 19.0 Å². The number of carboxylic acid groups (broad SMARTS) is 1. The summed E-state index contributed by atoms with van der Waals surface area (Å²) in [5.74, 6) is -1.61. The first kappa shape index (κ1) is 22.3. The molecule has 0 bridgehead atoms. The van der Waals surface area contributed by atoms with E-state index in [9.17, 15) is 18.0 Å². The molecule has 0 aliphatic carbocycles. The number of aromatic nitrogens is 1. The molecule has 0 saturated carbocycles. The lowest BCUT2D eigenvalue weighted by atomic mass is 10.0. The maximum atomic E-state index is 12.7. The monoisotopic (exact) mass is 427 g/mol. The predicted octanol–water partition coefficient (Wildman–Crippen LogP) is 4.85. The molecule has 6 nitrogen and oxygen atoms in total. The lowest BCUT2D eigenvalue weighted by Crippen LogP contribution is -2.47. The maximum absolute atomic E-state index is 12.7. The summed E-state index contributed by atoms with van der Waals surface area (Å²) in [5, 5.41) is 9.07. The van der Waals surface area contributed by atoms with Crippen molar-refractivity contribution in [3.8, 4) is 11.5 Å². The van der Waals surface area contributed by atoms with Crippen molar-refractivity contribution in [1.82, 2.24) is 4.98 Å². The van der Waals surface area contributed by atoms with Gasteiger partial charge in [0.15, 0.2) is 0 Å². The van der Waals surface area contributed by atoms with Gasteiger partial charge in [0.2, 0.25) is 5.89 Å². The average molecular weight is 427 g/mol. The van der Waals surface area contributed by atoms with Crippen molar-refractivity contribution in [2.75, 3.05) is 13.2 Å². The van der Waals surface area contributed by atoms with E-state index in [1.54, 1.807) is 6.92 Å². The van der Waals surface area contributed by atoms with Crippen LogP contribution in [0.25, 0.3) is 11.5 Å². The van der Waals surface area contributed by atoms with Gasteiger partial charge in [0, 0.05) is 18.4 Å². The largest absolute Gasteiger partial charge is 0.477 e. The van der Waals surface area contributed by atoms with Crippen LogP contribution in [0.3, 0.4) is 0 Å². The second-order valence-corrected chi connectivity index (χ2v) is 7.58. The van der Waals surface area contributed by atoms with Crippen LogP contribution in [0.2, 0.25) is 0 Å². The van der Waals surface area contributed by atoms with Crippen LogP contribution in [0.1, 0.15) is 43.2 Å². The second-order valence-electron chi connectivity index (χ2n) is 7.58. The third kappa shape index (κ3) is 5.20. The number of oxazole rings is 1. The van der Waals surface area contributed by atoms with Crippen molar-refractivity contribution in [3.05, 3.63) is 41.3 Å². The highest BCUT2D eigenvalue weighted by Crippen LogP contribution is 2.31. The minimum Gasteiger partial charge on any atom is -0.477 e. The molecule has 0 unspecified atom stereocenters. The minimum absolute atomic E-state index is 0.138. The molecule has 1 saturated heterocycles. The van der Waals surface area contributed by atoms with E-state index in [0.717, 1.165) is 37.1 Å². The summed E-state index contributed by atoms with van der Waals surface area (Å²) in [7, 11) is 0. The van der Waals surface area contributed by atoms with Crippen LogP contribution in [0.4, 0.5) is 13.2 Å². The van der Waals surface area contributed by atoms with Crippen LogP contribution in [0.5, 0.6) is 0 Å². The number of nitrogens with zero attached hydrogens (tertiary/aromatic N) is 1. The first-order chi connectivity index (χ1) is 14.1. The van der Waals surface area contributed by atoms with Crippen LogP contribution in [0.15, 0.2) is 28.7 Å². The summed E-state index contributed by atoms with van der Waals surface area (Å²) in [6.45, 7) is 3.85. The van der Waals surface area contributed by atoms with Gasteiger partial charge in [-0.05, 0) is 50.5 Å². The number of alkyl halides is 3. The van der Waals surface area contributed by atoms with E-state index in [2.05, 4.69) is 4.98 Å². The summed E-state index contributed by atoms with van der Waals surface area (Å²) in [6.07, 6.45) is -1.15. The van der Waals surface area contributed by atoms with Crippen molar-refractivity contribution >= 4 is 5.97 Å². The fraction of sp³-hybridized carbons (Fsp3) is 0.524.